The Morgan fingerprint density at radius 1 is 1.33 bits per heavy atom. The Hall–Kier alpha value is -1.84. The Bertz CT molecular complexity index is 600. The van der Waals surface area contributed by atoms with Crippen molar-refractivity contribution < 1.29 is 4.79 Å². The first-order valence-electron chi connectivity index (χ1n) is 6.42. The van der Waals surface area contributed by atoms with Crippen molar-refractivity contribution in [2.45, 2.75) is 26.8 Å². The molecule has 0 saturated carbocycles. The second-order valence-electron chi connectivity index (χ2n) is 5.20. The number of aromatic nitrogens is 2. The minimum absolute atomic E-state index is 0.180. The number of carbonyl (C=O) groups excluding carboxylic acids is 1. The van der Waals surface area contributed by atoms with Crippen LogP contribution in [-0.2, 0) is 11.3 Å². The summed E-state index contributed by atoms with van der Waals surface area (Å²) in [6.45, 7) is 5.73. The number of carbonyl (C=O) groups is 1. The molecule has 0 aliphatic carbocycles. The van der Waals surface area contributed by atoms with Crippen LogP contribution in [0.3, 0.4) is 0 Å². The Labute approximate surface area is 106 Å². The number of hydrogen-bond acceptors (Lipinski definition) is 2. The van der Waals surface area contributed by atoms with E-state index < -0.39 is 0 Å². The molecule has 3 rings (SSSR count). The van der Waals surface area contributed by atoms with Crippen LogP contribution in [0.2, 0.25) is 0 Å². The van der Waals surface area contributed by atoms with Gasteiger partial charge >= 0.3 is 0 Å². The molecule has 0 fully saturated rings. The maximum absolute atomic E-state index is 12.2. The van der Waals surface area contributed by atoms with E-state index in [1.54, 1.807) is 0 Å². The Kier molecular flexibility index (Phi) is 2.58. The number of benzene rings is 1. The fourth-order valence-corrected chi connectivity index (χ4v) is 2.48. The Morgan fingerprint density at radius 2 is 2.11 bits per heavy atom. The summed E-state index contributed by atoms with van der Waals surface area (Å²) in [4.78, 5) is 18.6. The smallest absolute Gasteiger partial charge is 0.229 e. The molecule has 1 aliphatic heterocycles. The first-order chi connectivity index (χ1) is 8.66. The van der Waals surface area contributed by atoms with Gasteiger partial charge in [-0.3, -0.25) is 9.69 Å². The molecule has 0 unspecified atom stereocenters. The fourth-order valence-electron chi connectivity index (χ4n) is 2.48. The molecule has 0 radical (unpaired) electrons. The summed E-state index contributed by atoms with van der Waals surface area (Å²) in [6, 6.07) is 8.04. The third kappa shape index (κ3) is 1.68. The fraction of sp³-hybridized carbons (Fsp3) is 0.429. The minimum Gasteiger partial charge on any atom is -0.308 e. The Morgan fingerprint density at radius 3 is 2.89 bits per heavy atom. The molecule has 0 saturated heterocycles. The van der Waals surface area contributed by atoms with E-state index in [2.05, 4.69) is 29.5 Å². The lowest BCUT2D eigenvalue weighted by molar-refractivity contribution is -0.119. The van der Waals surface area contributed by atoms with E-state index in [-0.39, 0.29) is 5.91 Å². The molecule has 1 aromatic heterocycles. The van der Waals surface area contributed by atoms with Crippen molar-refractivity contribution in [3.63, 3.8) is 0 Å². The molecule has 0 N–H and O–H groups in total. The standard InChI is InChI=1S/C14H17N3O/c1-10(2)9-13(18)17-8-7-16-12-6-4-3-5-11(12)15-14(16)17/h3-6,10H,7-9H2,1-2H3. The van der Waals surface area contributed by atoms with Crippen molar-refractivity contribution in [1.29, 1.82) is 0 Å². The van der Waals surface area contributed by atoms with E-state index in [1.165, 1.54) is 0 Å². The predicted molar refractivity (Wildman–Crippen MR) is 71.5 cm³/mol. The van der Waals surface area contributed by atoms with Crippen molar-refractivity contribution >= 4 is 22.9 Å². The van der Waals surface area contributed by atoms with Crippen LogP contribution in [0.15, 0.2) is 24.3 Å². The first-order valence-corrected chi connectivity index (χ1v) is 6.42. The molecule has 4 nitrogen and oxygen atoms in total. The van der Waals surface area contributed by atoms with Crippen LogP contribution >= 0.6 is 0 Å². The first kappa shape index (κ1) is 11.3. The van der Waals surface area contributed by atoms with E-state index in [4.69, 9.17) is 0 Å². The number of imidazole rings is 1. The molecule has 0 spiro atoms. The van der Waals surface area contributed by atoms with Gasteiger partial charge in [0, 0.05) is 19.5 Å². The highest BCUT2D eigenvalue weighted by molar-refractivity contribution is 5.94. The summed E-state index contributed by atoms with van der Waals surface area (Å²) in [6.07, 6.45) is 0.587. The van der Waals surface area contributed by atoms with Gasteiger partial charge < -0.3 is 4.57 Å². The molecule has 1 aromatic carbocycles. The average Bonchev–Trinajstić information content (AvgIpc) is 2.85. The maximum atomic E-state index is 12.2. The number of para-hydroxylation sites is 2. The van der Waals surface area contributed by atoms with Crippen LogP contribution in [0.4, 0.5) is 5.95 Å². The number of nitrogens with zero attached hydrogens (tertiary/aromatic N) is 3. The van der Waals surface area contributed by atoms with Gasteiger partial charge in [-0.15, -0.1) is 0 Å². The highest BCUT2D eigenvalue weighted by Crippen LogP contribution is 2.27. The lowest BCUT2D eigenvalue weighted by atomic mass is 10.1. The Balaban J connectivity index is 1.98. The molecule has 2 aromatic rings. The molecule has 1 aliphatic rings. The topological polar surface area (TPSA) is 38.1 Å². The van der Waals surface area contributed by atoms with Gasteiger partial charge in [0.05, 0.1) is 11.0 Å². The van der Waals surface area contributed by atoms with E-state index in [1.807, 2.05) is 23.1 Å². The number of anilines is 1. The van der Waals surface area contributed by atoms with E-state index >= 15 is 0 Å². The summed E-state index contributed by atoms with van der Waals surface area (Å²) in [7, 11) is 0. The average molecular weight is 243 g/mol. The van der Waals surface area contributed by atoms with E-state index in [9.17, 15) is 4.79 Å². The third-order valence-corrected chi connectivity index (χ3v) is 3.31. The van der Waals surface area contributed by atoms with Gasteiger partial charge in [-0.1, -0.05) is 26.0 Å². The van der Waals surface area contributed by atoms with Crippen LogP contribution in [0.1, 0.15) is 20.3 Å². The highest BCUT2D eigenvalue weighted by atomic mass is 16.2. The molecule has 1 amide bonds. The van der Waals surface area contributed by atoms with Gasteiger partial charge in [0.15, 0.2) is 0 Å². The summed E-state index contributed by atoms with van der Waals surface area (Å²) in [5, 5.41) is 0. The largest absolute Gasteiger partial charge is 0.308 e. The zero-order chi connectivity index (χ0) is 12.7. The van der Waals surface area contributed by atoms with Crippen molar-refractivity contribution in [3.8, 4) is 0 Å². The van der Waals surface area contributed by atoms with Crippen LogP contribution in [0.25, 0.3) is 11.0 Å². The minimum atomic E-state index is 0.180. The number of amides is 1. The zero-order valence-corrected chi connectivity index (χ0v) is 10.8. The second kappa shape index (κ2) is 4.12. The SMILES string of the molecule is CC(C)CC(=O)N1CCn2c1nc1ccccc12. The lowest BCUT2D eigenvalue weighted by Gasteiger charge is -2.15. The molecule has 2 heterocycles. The highest BCUT2D eigenvalue weighted by Gasteiger charge is 2.28. The van der Waals surface area contributed by atoms with Crippen molar-refractivity contribution in [3.05, 3.63) is 24.3 Å². The summed E-state index contributed by atoms with van der Waals surface area (Å²) >= 11 is 0. The van der Waals surface area contributed by atoms with Gasteiger partial charge in [-0.25, -0.2) is 4.98 Å². The molecule has 18 heavy (non-hydrogen) atoms. The van der Waals surface area contributed by atoms with Gasteiger partial charge in [0.1, 0.15) is 0 Å². The summed E-state index contributed by atoms with van der Waals surface area (Å²) in [5.74, 6) is 1.37. The van der Waals surface area contributed by atoms with Crippen LogP contribution < -0.4 is 4.90 Å². The van der Waals surface area contributed by atoms with E-state index in [0.717, 1.165) is 30.1 Å². The van der Waals surface area contributed by atoms with Crippen molar-refractivity contribution in [2.24, 2.45) is 5.92 Å². The summed E-state index contributed by atoms with van der Waals surface area (Å²) in [5.41, 5.74) is 2.09. The van der Waals surface area contributed by atoms with E-state index in [0.29, 0.717) is 12.3 Å². The second-order valence-corrected chi connectivity index (χ2v) is 5.20. The molecule has 94 valence electrons. The quantitative estimate of drug-likeness (QED) is 0.812. The van der Waals surface area contributed by atoms with Gasteiger partial charge in [0.2, 0.25) is 11.9 Å². The van der Waals surface area contributed by atoms with Crippen molar-refractivity contribution in [2.75, 3.05) is 11.4 Å². The molecular weight excluding hydrogens is 226 g/mol. The third-order valence-electron chi connectivity index (χ3n) is 3.31. The summed E-state index contributed by atoms with van der Waals surface area (Å²) < 4.78 is 2.13. The lowest BCUT2D eigenvalue weighted by Crippen LogP contribution is -2.30. The molecule has 4 heteroatoms. The number of hydrogen-bond donors (Lipinski definition) is 0. The normalized spacial score (nSPS) is 14.5. The maximum Gasteiger partial charge on any atom is 0.229 e. The van der Waals surface area contributed by atoms with Crippen molar-refractivity contribution in [1.82, 2.24) is 9.55 Å². The van der Waals surface area contributed by atoms with Gasteiger partial charge in [-0.2, -0.15) is 0 Å². The zero-order valence-electron chi connectivity index (χ0n) is 10.8. The van der Waals surface area contributed by atoms with Crippen LogP contribution in [0.5, 0.6) is 0 Å². The predicted octanol–water partition coefficient (Wildman–Crippen LogP) is 2.43. The van der Waals surface area contributed by atoms with Gasteiger partial charge in [-0.05, 0) is 18.1 Å². The molecular formula is C14H17N3O. The van der Waals surface area contributed by atoms with Crippen LogP contribution in [0, 0.1) is 5.92 Å². The monoisotopic (exact) mass is 243 g/mol. The van der Waals surface area contributed by atoms with Crippen LogP contribution in [-0.4, -0.2) is 22.0 Å². The molecule has 0 bridgehead atoms. The van der Waals surface area contributed by atoms with Gasteiger partial charge in [0.25, 0.3) is 0 Å². The number of fused-ring (bicyclic) bond motifs is 3. The molecule has 0 atom stereocenters. The number of rotatable bonds is 2.